The van der Waals surface area contributed by atoms with Crippen molar-refractivity contribution < 1.29 is 27.9 Å². The van der Waals surface area contributed by atoms with Crippen LogP contribution >= 0.6 is 0 Å². The third-order valence-electron chi connectivity index (χ3n) is 6.07. The third-order valence-corrected chi connectivity index (χ3v) is 6.07. The van der Waals surface area contributed by atoms with Crippen molar-refractivity contribution in [2.45, 2.75) is 43.4 Å². The molecule has 0 spiro atoms. The lowest BCUT2D eigenvalue weighted by Gasteiger charge is -2.41. The van der Waals surface area contributed by atoms with Crippen LogP contribution in [0.3, 0.4) is 0 Å². The van der Waals surface area contributed by atoms with Gasteiger partial charge in [0.2, 0.25) is 11.8 Å². The summed E-state index contributed by atoms with van der Waals surface area (Å²) in [4.78, 5) is 27.9. The number of aliphatic hydroxyl groups is 1. The van der Waals surface area contributed by atoms with Crippen LogP contribution in [0.4, 0.5) is 13.2 Å². The lowest BCUT2D eigenvalue weighted by atomic mass is 9.74. The molecule has 4 rings (SSSR count). The van der Waals surface area contributed by atoms with Gasteiger partial charge in [-0.2, -0.15) is 13.2 Å². The third kappa shape index (κ3) is 4.04. The van der Waals surface area contributed by atoms with Gasteiger partial charge in [-0.3, -0.25) is 19.9 Å². The standard InChI is InChI=1S/C21H22F3N3O3/c22-21(23,24)9-15-11-25-6-5-20(15,30)14-1-3-17-12(8-14)7-13(10-26-17)16-2-4-18(28)27-19(16)29/h1,3,7-8,10,15-16,25,30H,2,4-6,9,11H2,(H,27,28,29). The van der Waals surface area contributed by atoms with Gasteiger partial charge in [0.05, 0.1) is 23.5 Å². The Kier molecular flexibility index (Phi) is 5.27. The fraction of sp³-hybridized carbons (Fsp3) is 0.476. The van der Waals surface area contributed by atoms with Gasteiger partial charge in [-0.05, 0) is 48.7 Å². The van der Waals surface area contributed by atoms with Crippen molar-refractivity contribution in [1.29, 1.82) is 0 Å². The number of fused-ring (bicyclic) bond motifs is 1. The number of halogens is 3. The minimum atomic E-state index is -4.38. The minimum Gasteiger partial charge on any atom is -0.385 e. The largest absolute Gasteiger partial charge is 0.389 e. The summed E-state index contributed by atoms with van der Waals surface area (Å²) in [6, 6.07) is 6.71. The van der Waals surface area contributed by atoms with Crippen molar-refractivity contribution in [3.8, 4) is 0 Å². The van der Waals surface area contributed by atoms with Crippen molar-refractivity contribution in [3.63, 3.8) is 0 Å². The number of amides is 2. The molecule has 2 aromatic rings. The van der Waals surface area contributed by atoms with Gasteiger partial charge < -0.3 is 10.4 Å². The van der Waals surface area contributed by atoms with E-state index in [9.17, 15) is 27.9 Å². The minimum absolute atomic E-state index is 0.0720. The molecule has 1 aromatic carbocycles. The number of alkyl halides is 3. The Morgan fingerprint density at radius 3 is 2.77 bits per heavy atom. The summed E-state index contributed by atoms with van der Waals surface area (Å²) < 4.78 is 39.2. The molecule has 2 amide bonds. The number of hydrogen-bond acceptors (Lipinski definition) is 5. The number of carbonyl (C=O) groups is 2. The summed E-state index contributed by atoms with van der Waals surface area (Å²) in [6.45, 7) is 0.486. The zero-order valence-electron chi connectivity index (χ0n) is 16.1. The predicted octanol–water partition coefficient (Wildman–Crippen LogP) is 2.50. The number of pyridine rings is 1. The second-order valence-electron chi connectivity index (χ2n) is 8.07. The Morgan fingerprint density at radius 2 is 2.03 bits per heavy atom. The van der Waals surface area contributed by atoms with Crippen LogP contribution in [-0.4, -0.2) is 41.2 Å². The van der Waals surface area contributed by atoms with E-state index in [-0.39, 0.29) is 31.2 Å². The molecule has 0 bridgehead atoms. The molecular weight excluding hydrogens is 399 g/mol. The van der Waals surface area contributed by atoms with Crippen LogP contribution in [0.2, 0.25) is 0 Å². The summed E-state index contributed by atoms with van der Waals surface area (Å²) in [7, 11) is 0. The number of aromatic nitrogens is 1. The van der Waals surface area contributed by atoms with E-state index >= 15 is 0 Å². The molecule has 30 heavy (non-hydrogen) atoms. The number of carbonyl (C=O) groups excluding carboxylic acids is 2. The molecular formula is C21H22F3N3O3. The van der Waals surface area contributed by atoms with Gasteiger partial charge in [0.25, 0.3) is 0 Å². The van der Waals surface area contributed by atoms with E-state index in [0.29, 0.717) is 35.0 Å². The molecule has 6 nitrogen and oxygen atoms in total. The number of piperidine rings is 2. The van der Waals surface area contributed by atoms with Crippen LogP contribution in [0.5, 0.6) is 0 Å². The number of rotatable bonds is 3. The number of nitrogens with zero attached hydrogens (tertiary/aromatic N) is 1. The van der Waals surface area contributed by atoms with Gasteiger partial charge >= 0.3 is 6.18 Å². The van der Waals surface area contributed by atoms with Crippen molar-refractivity contribution in [2.75, 3.05) is 13.1 Å². The average molecular weight is 421 g/mol. The highest BCUT2D eigenvalue weighted by Crippen LogP contribution is 2.41. The molecule has 3 unspecified atom stereocenters. The molecule has 2 fully saturated rings. The van der Waals surface area contributed by atoms with Crippen molar-refractivity contribution >= 4 is 22.7 Å². The summed E-state index contributed by atoms with van der Waals surface area (Å²) in [5.74, 6) is -2.21. The number of nitrogens with one attached hydrogen (secondary N) is 2. The van der Waals surface area contributed by atoms with E-state index in [1.165, 1.54) is 0 Å². The molecule has 3 heterocycles. The molecule has 2 saturated heterocycles. The first-order valence-corrected chi connectivity index (χ1v) is 9.89. The predicted molar refractivity (Wildman–Crippen MR) is 102 cm³/mol. The average Bonchev–Trinajstić information content (AvgIpc) is 2.68. The first-order valence-electron chi connectivity index (χ1n) is 9.89. The first-order chi connectivity index (χ1) is 14.2. The van der Waals surface area contributed by atoms with Gasteiger partial charge in [0.15, 0.2) is 0 Å². The topological polar surface area (TPSA) is 91.3 Å². The van der Waals surface area contributed by atoms with E-state index in [1.807, 2.05) is 0 Å². The van der Waals surface area contributed by atoms with E-state index in [2.05, 4.69) is 15.6 Å². The SMILES string of the molecule is O=C1CCC(c2cnc3ccc(C4(O)CCNCC4CC(F)(F)F)cc3c2)C(=O)N1. The van der Waals surface area contributed by atoms with Gasteiger partial charge in [0, 0.05) is 30.5 Å². The summed E-state index contributed by atoms with van der Waals surface area (Å²) in [5, 5.41) is 17.1. The maximum atomic E-state index is 13.1. The zero-order chi connectivity index (χ0) is 21.5. The molecule has 9 heteroatoms. The maximum absolute atomic E-state index is 13.1. The molecule has 0 aliphatic carbocycles. The zero-order valence-corrected chi connectivity index (χ0v) is 16.1. The Balaban J connectivity index is 1.69. The summed E-state index contributed by atoms with van der Waals surface area (Å²) >= 11 is 0. The van der Waals surface area contributed by atoms with E-state index in [4.69, 9.17) is 0 Å². The smallest absolute Gasteiger partial charge is 0.385 e. The van der Waals surface area contributed by atoms with Crippen molar-refractivity contribution in [1.82, 2.24) is 15.6 Å². The highest BCUT2D eigenvalue weighted by Gasteiger charge is 2.46. The molecule has 2 aliphatic heterocycles. The fourth-order valence-corrected chi connectivity index (χ4v) is 4.45. The van der Waals surface area contributed by atoms with Crippen molar-refractivity contribution in [2.24, 2.45) is 5.92 Å². The maximum Gasteiger partial charge on any atom is 0.389 e. The van der Waals surface area contributed by atoms with Gasteiger partial charge in [-0.15, -0.1) is 0 Å². The highest BCUT2D eigenvalue weighted by atomic mass is 19.4. The number of benzene rings is 1. The quantitative estimate of drug-likeness (QED) is 0.663. The first kappa shape index (κ1) is 20.7. The Morgan fingerprint density at radius 1 is 1.23 bits per heavy atom. The molecule has 160 valence electrons. The monoisotopic (exact) mass is 421 g/mol. The molecule has 0 radical (unpaired) electrons. The lowest BCUT2D eigenvalue weighted by Crippen LogP contribution is -2.49. The number of hydrogen-bond donors (Lipinski definition) is 3. The highest BCUT2D eigenvalue weighted by molar-refractivity contribution is 6.01. The Bertz CT molecular complexity index is 994. The van der Waals surface area contributed by atoms with Gasteiger partial charge in [0.1, 0.15) is 0 Å². The van der Waals surface area contributed by atoms with Crippen LogP contribution in [0.15, 0.2) is 30.5 Å². The Hall–Kier alpha value is -2.52. The fourth-order valence-electron chi connectivity index (χ4n) is 4.45. The van der Waals surface area contributed by atoms with Crippen LogP contribution in [0.1, 0.15) is 42.7 Å². The van der Waals surface area contributed by atoms with Gasteiger partial charge in [-0.1, -0.05) is 6.07 Å². The number of imide groups is 1. The second kappa shape index (κ2) is 7.63. The Labute approximate surface area is 170 Å². The molecule has 2 aliphatic rings. The van der Waals surface area contributed by atoms with E-state index < -0.39 is 30.0 Å². The van der Waals surface area contributed by atoms with Crippen LogP contribution in [0, 0.1) is 5.92 Å². The molecule has 1 aromatic heterocycles. The second-order valence-corrected chi connectivity index (χ2v) is 8.07. The van der Waals surface area contributed by atoms with E-state index in [1.54, 1.807) is 30.5 Å². The van der Waals surface area contributed by atoms with Crippen LogP contribution < -0.4 is 10.6 Å². The van der Waals surface area contributed by atoms with Crippen LogP contribution in [0.25, 0.3) is 10.9 Å². The van der Waals surface area contributed by atoms with Gasteiger partial charge in [-0.25, -0.2) is 0 Å². The van der Waals surface area contributed by atoms with Crippen LogP contribution in [-0.2, 0) is 15.2 Å². The normalized spacial score (nSPS) is 27.9. The summed E-state index contributed by atoms with van der Waals surface area (Å²) in [5.41, 5.74) is 0.0426. The molecule has 3 N–H and O–H groups in total. The molecule has 3 atom stereocenters. The summed E-state index contributed by atoms with van der Waals surface area (Å²) in [6.07, 6.45) is -3.10. The van der Waals surface area contributed by atoms with Crippen molar-refractivity contribution in [3.05, 3.63) is 41.6 Å². The van der Waals surface area contributed by atoms with E-state index in [0.717, 1.165) is 0 Å². The molecule has 0 saturated carbocycles. The lowest BCUT2D eigenvalue weighted by molar-refractivity contribution is -0.171.